The minimum atomic E-state index is -0.914. The van der Waals surface area contributed by atoms with E-state index in [0.717, 1.165) is 18.4 Å². The van der Waals surface area contributed by atoms with Crippen LogP contribution in [0.25, 0.3) is 0 Å². The van der Waals surface area contributed by atoms with Crippen molar-refractivity contribution < 1.29 is 9.00 Å². The van der Waals surface area contributed by atoms with Crippen LogP contribution in [0.3, 0.4) is 0 Å². The summed E-state index contributed by atoms with van der Waals surface area (Å²) >= 11 is 0. The van der Waals surface area contributed by atoms with E-state index in [0.29, 0.717) is 17.9 Å². The molecule has 20 heavy (non-hydrogen) atoms. The number of hydrogen-bond acceptors (Lipinski definition) is 3. The van der Waals surface area contributed by atoms with Crippen LogP contribution in [0, 0.1) is 0 Å². The summed E-state index contributed by atoms with van der Waals surface area (Å²) in [5.74, 6) is 0.341. The summed E-state index contributed by atoms with van der Waals surface area (Å²) in [7, 11) is -0.914. The number of rotatable bonds is 7. The normalized spacial score (nSPS) is 13.0. The molecule has 0 aromatic heterocycles. The highest BCUT2D eigenvalue weighted by Gasteiger charge is 2.26. The fourth-order valence-corrected chi connectivity index (χ4v) is 2.77. The molecule has 1 unspecified atom stereocenters. The van der Waals surface area contributed by atoms with Crippen molar-refractivity contribution in [2.24, 2.45) is 5.73 Å². The Morgan fingerprint density at radius 1 is 1.35 bits per heavy atom. The fraction of sp³-hybridized carbons (Fsp3) is 0.533. The van der Waals surface area contributed by atoms with E-state index in [1.807, 2.05) is 26.0 Å². The minimum absolute atomic E-state index is 0.122. The predicted octanol–water partition coefficient (Wildman–Crippen LogP) is 1.81. The smallest absolute Gasteiger partial charge is 0.251 e. The van der Waals surface area contributed by atoms with Crippen molar-refractivity contribution >= 4 is 16.7 Å². The molecule has 112 valence electrons. The van der Waals surface area contributed by atoms with Crippen LogP contribution in [0.4, 0.5) is 0 Å². The van der Waals surface area contributed by atoms with Crippen molar-refractivity contribution in [1.82, 2.24) is 5.32 Å². The average Bonchev–Trinajstić information content (AvgIpc) is 2.44. The second-order valence-electron chi connectivity index (χ2n) is 5.06. The SMILES string of the molecule is CCC(CC)(CN)NC(=O)c1cccc(CS(C)=O)c1. The molecule has 0 radical (unpaired) electrons. The highest BCUT2D eigenvalue weighted by Crippen LogP contribution is 2.15. The van der Waals surface area contributed by atoms with Gasteiger partial charge in [-0.3, -0.25) is 9.00 Å². The van der Waals surface area contributed by atoms with Gasteiger partial charge < -0.3 is 11.1 Å². The number of carbonyl (C=O) groups is 1. The summed E-state index contributed by atoms with van der Waals surface area (Å²) < 4.78 is 11.3. The molecule has 1 aromatic carbocycles. The van der Waals surface area contributed by atoms with Crippen LogP contribution in [-0.4, -0.2) is 28.5 Å². The van der Waals surface area contributed by atoms with Crippen molar-refractivity contribution in [2.75, 3.05) is 12.8 Å². The molecule has 1 aromatic rings. The van der Waals surface area contributed by atoms with E-state index >= 15 is 0 Å². The molecule has 3 N–H and O–H groups in total. The van der Waals surface area contributed by atoms with E-state index in [1.165, 1.54) is 0 Å². The molecule has 0 aliphatic heterocycles. The van der Waals surface area contributed by atoms with Crippen molar-refractivity contribution in [3.63, 3.8) is 0 Å². The zero-order valence-electron chi connectivity index (χ0n) is 12.4. The molecule has 1 rings (SSSR count). The summed E-state index contributed by atoms with van der Waals surface area (Å²) in [4.78, 5) is 12.3. The fourth-order valence-electron chi connectivity index (χ4n) is 2.12. The van der Waals surface area contributed by atoms with Gasteiger partial charge in [-0.05, 0) is 30.5 Å². The Kier molecular flexibility index (Phi) is 6.36. The third kappa shape index (κ3) is 4.42. The Hall–Kier alpha value is -1.20. The van der Waals surface area contributed by atoms with Crippen LogP contribution in [-0.2, 0) is 16.6 Å². The van der Waals surface area contributed by atoms with Gasteiger partial charge in [0.25, 0.3) is 5.91 Å². The highest BCUT2D eigenvalue weighted by molar-refractivity contribution is 7.83. The Labute approximate surface area is 123 Å². The zero-order chi connectivity index (χ0) is 15.2. The van der Waals surface area contributed by atoms with E-state index in [1.54, 1.807) is 18.4 Å². The molecule has 5 heteroatoms. The summed E-state index contributed by atoms with van der Waals surface area (Å²) in [6, 6.07) is 7.26. The first-order valence-corrected chi connectivity index (χ1v) is 8.60. The van der Waals surface area contributed by atoms with Crippen molar-refractivity contribution in [1.29, 1.82) is 0 Å². The highest BCUT2D eigenvalue weighted by atomic mass is 32.2. The van der Waals surface area contributed by atoms with Gasteiger partial charge in [-0.25, -0.2) is 0 Å². The first-order chi connectivity index (χ1) is 9.46. The molecule has 0 spiro atoms. The number of benzene rings is 1. The summed E-state index contributed by atoms with van der Waals surface area (Å²) in [5.41, 5.74) is 6.95. The van der Waals surface area contributed by atoms with Gasteiger partial charge in [0.15, 0.2) is 0 Å². The molecule has 0 fully saturated rings. The van der Waals surface area contributed by atoms with Gasteiger partial charge >= 0.3 is 0 Å². The third-order valence-electron chi connectivity index (χ3n) is 3.68. The maximum atomic E-state index is 12.3. The van der Waals surface area contributed by atoms with Crippen LogP contribution < -0.4 is 11.1 Å². The van der Waals surface area contributed by atoms with Gasteiger partial charge in [0.1, 0.15) is 0 Å². The summed E-state index contributed by atoms with van der Waals surface area (Å²) in [6.45, 7) is 4.46. The van der Waals surface area contributed by atoms with Crippen molar-refractivity contribution in [2.45, 2.75) is 38.0 Å². The largest absolute Gasteiger partial charge is 0.345 e. The van der Waals surface area contributed by atoms with E-state index in [4.69, 9.17) is 5.73 Å². The quantitative estimate of drug-likeness (QED) is 0.806. The monoisotopic (exact) mass is 296 g/mol. The Balaban J connectivity index is 2.89. The maximum Gasteiger partial charge on any atom is 0.251 e. The molecular formula is C15H24N2O2S. The number of nitrogens with two attached hydrogens (primary N) is 1. The van der Waals surface area contributed by atoms with Crippen molar-refractivity contribution in [3.8, 4) is 0 Å². The van der Waals surface area contributed by atoms with Gasteiger partial charge in [-0.1, -0.05) is 26.0 Å². The predicted molar refractivity (Wildman–Crippen MR) is 84.0 cm³/mol. The lowest BCUT2D eigenvalue weighted by atomic mass is 9.92. The van der Waals surface area contributed by atoms with E-state index in [-0.39, 0.29) is 11.4 Å². The Morgan fingerprint density at radius 2 is 2.00 bits per heavy atom. The lowest BCUT2D eigenvalue weighted by molar-refractivity contribution is 0.0895. The first kappa shape index (κ1) is 16.9. The molecule has 0 heterocycles. The number of nitrogens with one attached hydrogen (secondary N) is 1. The zero-order valence-corrected chi connectivity index (χ0v) is 13.3. The number of amides is 1. The Morgan fingerprint density at radius 3 is 2.50 bits per heavy atom. The average molecular weight is 296 g/mol. The van der Waals surface area contributed by atoms with Gasteiger partial charge in [0.2, 0.25) is 0 Å². The molecule has 0 aliphatic rings. The molecule has 0 aliphatic carbocycles. The summed E-state index contributed by atoms with van der Waals surface area (Å²) in [6.07, 6.45) is 3.25. The standard InChI is InChI=1S/C15H24N2O2S/c1-4-15(5-2,11-16)17-14(18)13-8-6-7-12(9-13)10-20(3)19/h6-9H,4-5,10-11,16H2,1-3H3,(H,17,18). The van der Waals surface area contributed by atoms with Crippen LogP contribution in [0.1, 0.15) is 42.6 Å². The number of carbonyl (C=O) groups excluding carboxylic acids is 1. The molecular weight excluding hydrogens is 272 g/mol. The lowest BCUT2D eigenvalue weighted by Gasteiger charge is -2.31. The first-order valence-electron chi connectivity index (χ1n) is 6.88. The molecule has 0 saturated heterocycles. The van der Waals surface area contributed by atoms with E-state index in [9.17, 15) is 9.00 Å². The molecule has 0 bridgehead atoms. The van der Waals surface area contributed by atoms with Crippen molar-refractivity contribution in [3.05, 3.63) is 35.4 Å². The number of hydrogen-bond donors (Lipinski definition) is 2. The lowest BCUT2D eigenvalue weighted by Crippen LogP contribution is -2.52. The summed E-state index contributed by atoms with van der Waals surface area (Å²) in [5, 5.41) is 3.04. The molecule has 4 nitrogen and oxygen atoms in total. The van der Waals surface area contributed by atoms with Gasteiger partial charge in [0, 0.05) is 34.9 Å². The molecule has 1 atom stereocenters. The second-order valence-corrected chi connectivity index (χ2v) is 6.50. The second kappa shape index (κ2) is 7.55. The van der Waals surface area contributed by atoms with E-state index in [2.05, 4.69) is 5.32 Å². The minimum Gasteiger partial charge on any atom is -0.345 e. The maximum absolute atomic E-state index is 12.3. The van der Waals surface area contributed by atoms with E-state index < -0.39 is 10.8 Å². The third-order valence-corrected chi connectivity index (χ3v) is 4.42. The van der Waals surface area contributed by atoms with Gasteiger partial charge in [-0.2, -0.15) is 0 Å². The van der Waals surface area contributed by atoms with Gasteiger partial charge in [-0.15, -0.1) is 0 Å². The molecule has 0 saturated carbocycles. The topological polar surface area (TPSA) is 72.2 Å². The van der Waals surface area contributed by atoms with Crippen LogP contribution in [0.5, 0.6) is 0 Å². The van der Waals surface area contributed by atoms with Crippen LogP contribution in [0.2, 0.25) is 0 Å². The molecule has 1 amide bonds. The van der Waals surface area contributed by atoms with Crippen LogP contribution >= 0.6 is 0 Å². The van der Waals surface area contributed by atoms with Gasteiger partial charge in [0.05, 0.1) is 5.54 Å². The Bertz CT molecular complexity index is 476. The van der Waals surface area contributed by atoms with Crippen LogP contribution in [0.15, 0.2) is 24.3 Å².